The van der Waals surface area contributed by atoms with Crippen molar-refractivity contribution < 1.29 is 18.6 Å². The monoisotopic (exact) mass is 465 g/mol. The van der Waals surface area contributed by atoms with Gasteiger partial charge in [0.2, 0.25) is 0 Å². The van der Waals surface area contributed by atoms with E-state index in [1.807, 2.05) is 12.3 Å². The molecule has 7 heteroatoms. The summed E-state index contributed by atoms with van der Waals surface area (Å²) in [5.41, 5.74) is 3.31. The summed E-state index contributed by atoms with van der Waals surface area (Å²) in [7, 11) is 0. The summed E-state index contributed by atoms with van der Waals surface area (Å²) >= 11 is 0. The molecule has 0 aliphatic heterocycles. The van der Waals surface area contributed by atoms with Crippen LogP contribution >= 0.6 is 0 Å². The first-order chi connectivity index (χ1) is 16.4. The van der Waals surface area contributed by atoms with E-state index in [9.17, 15) is 13.9 Å². The van der Waals surface area contributed by atoms with Gasteiger partial charge in [-0.25, -0.2) is 13.8 Å². The Hall–Kier alpha value is -3.06. The first-order valence-corrected chi connectivity index (χ1v) is 11.9. The van der Waals surface area contributed by atoms with Crippen LogP contribution in [-0.2, 0) is 0 Å². The maximum absolute atomic E-state index is 14.4. The van der Waals surface area contributed by atoms with Crippen LogP contribution in [0.4, 0.5) is 8.78 Å². The summed E-state index contributed by atoms with van der Waals surface area (Å²) in [4.78, 5) is 12.4. The minimum atomic E-state index is -0.677. The van der Waals surface area contributed by atoms with Crippen molar-refractivity contribution in [1.82, 2.24) is 15.0 Å². The minimum Gasteiger partial charge on any atom is -0.488 e. The molecule has 2 aromatic carbocycles. The van der Waals surface area contributed by atoms with E-state index >= 15 is 0 Å². The van der Waals surface area contributed by atoms with Crippen molar-refractivity contribution in [3.8, 4) is 5.75 Å². The molecule has 1 fully saturated rings. The Balaban J connectivity index is 1.30. The van der Waals surface area contributed by atoms with Crippen LogP contribution in [0.1, 0.15) is 62.8 Å². The number of fused-ring (bicyclic) bond motifs is 2. The number of pyridine rings is 1. The van der Waals surface area contributed by atoms with E-state index in [0.29, 0.717) is 22.9 Å². The molecule has 34 heavy (non-hydrogen) atoms. The second kappa shape index (κ2) is 9.29. The molecule has 0 spiro atoms. The zero-order valence-corrected chi connectivity index (χ0v) is 19.4. The van der Waals surface area contributed by atoms with Gasteiger partial charge in [0.1, 0.15) is 18.2 Å². The van der Waals surface area contributed by atoms with E-state index < -0.39 is 11.9 Å². The number of imidazole rings is 1. The van der Waals surface area contributed by atoms with Gasteiger partial charge in [0.25, 0.3) is 0 Å². The topological polar surface area (TPSA) is 71.0 Å². The van der Waals surface area contributed by atoms with E-state index in [1.165, 1.54) is 17.7 Å². The fourth-order valence-electron chi connectivity index (χ4n) is 5.22. The molecule has 2 aromatic heterocycles. The predicted octanol–water partition coefficient (Wildman–Crippen LogP) is 6.23. The zero-order valence-electron chi connectivity index (χ0n) is 19.4. The lowest BCUT2D eigenvalue weighted by atomic mass is 9.73. The van der Waals surface area contributed by atoms with Gasteiger partial charge in [-0.15, -0.1) is 0 Å². The van der Waals surface area contributed by atoms with Crippen molar-refractivity contribution in [3.63, 3.8) is 0 Å². The highest BCUT2D eigenvalue weighted by Crippen LogP contribution is 2.43. The quantitative estimate of drug-likeness (QED) is 0.354. The number of nitrogens with zero attached hydrogens (tertiary/aromatic N) is 2. The number of aliphatic hydroxyl groups is 1. The molecular formula is C27H29F2N3O2. The van der Waals surface area contributed by atoms with Crippen molar-refractivity contribution in [1.29, 1.82) is 0 Å². The normalized spacial score (nSPS) is 20.5. The van der Waals surface area contributed by atoms with Gasteiger partial charge >= 0.3 is 0 Å². The Labute approximate surface area is 197 Å². The first kappa shape index (κ1) is 22.7. The fraction of sp³-hybridized carbons (Fsp3) is 0.407. The number of rotatable bonds is 6. The van der Waals surface area contributed by atoms with Crippen molar-refractivity contribution in [3.05, 3.63) is 65.6 Å². The Morgan fingerprint density at radius 1 is 1.06 bits per heavy atom. The Morgan fingerprint density at radius 2 is 1.85 bits per heavy atom. The van der Waals surface area contributed by atoms with Gasteiger partial charge < -0.3 is 14.8 Å². The van der Waals surface area contributed by atoms with Crippen molar-refractivity contribution in [2.24, 2.45) is 5.92 Å². The van der Waals surface area contributed by atoms with Gasteiger partial charge in [-0.3, -0.25) is 4.98 Å². The molecule has 0 bridgehead atoms. The predicted molar refractivity (Wildman–Crippen MR) is 128 cm³/mol. The molecule has 2 atom stereocenters. The number of aliphatic hydroxyl groups excluding tert-OH is 1. The molecule has 0 amide bonds. The summed E-state index contributed by atoms with van der Waals surface area (Å²) in [6.45, 7) is 3.79. The van der Waals surface area contributed by atoms with Gasteiger partial charge in [-0.2, -0.15) is 0 Å². The molecule has 1 aliphatic carbocycles. The number of aromatic amines is 1. The summed E-state index contributed by atoms with van der Waals surface area (Å²) in [5.74, 6) is 1.28. The average Bonchev–Trinajstić information content (AvgIpc) is 3.24. The number of hydrogen-bond donors (Lipinski definition) is 2. The van der Waals surface area contributed by atoms with Crippen molar-refractivity contribution in [2.45, 2.75) is 57.5 Å². The van der Waals surface area contributed by atoms with Gasteiger partial charge in [0, 0.05) is 29.6 Å². The third kappa shape index (κ3) is 4.49. The van der Waals surface area contributed by atoms with Crippen LogP contribution in [0.25, 0.3) is 21.9 Å². The number of aromatic nitrogens is 3. The van der Waals surface area contributed by atoms with Crippen LogP contribution in [0.2, 0.25) is 0 Å². The number of benzene rings is 2. The van der Waals surface area contributed by atoms with Crippen molar-refractivity contribution in [2.75, 3.05) is 6.61 Å². The lowest BCUT2D eigenvalue weighted by Gasteiger charge is -2.32. The molecule has 1 saturated carbocycles. The van der Waals surface area contributed by atoms with Crippen molar-refractivity contribution >= 4 is 21.9 Å². The number of nitrogens with one attached hydrogen (secondary N) is 1. The number of H-pyrrole nitrogens is 1. The van der Waals surface area contributed by atoms with E-state index in [1.54, 1.807) is 25.1 Å². The highest BCUT2D eigenvalue weighted by molar-refractivity contribution is 5.82. The smallest absolute Gasteiger partial charge is 0.167 e. The Bertz CT molecular complexity index is 1310. The summed E-state index contributed by atoms with van der Waals surface area (Å²) in [6.07, 6.45) is 5.27. The largest absolute Gasteiger partial charge is 0.488 e. The average molecular weight is 466 g/mol. The molecule has 178 valence electrons. The molecular weight excluding hydrogens is 436 g/mol. The molecule has 2 unspecified atom stereocenters. The van der Waals surface area contributed by atoms with E-state index in [4.69, 9.17) is 9.72 Å². The van der Waals surface area contributed by atoms with E-state index in [-0.39, 0.29) is 24.1 Å². The molecule has 2 N–H and O–H groups in total. The van der Waals surface area contributed by atoms with Gasteiger partial charge in [0.05, 0.1) is 22.7 Å². The summed E-state index contributed by atoms with van der Waals surface area (Å²) in [5, 5.41) is 10.3. The van der Waals surface area contributed by atoms with Gasteiger partial charge in [0.15, 0.2) is 11.6 Å². The molecule has 0 radical (unpaired) electrons. The van der Waals surface area contributed by atoms with Crippen LogP contribution in [0.15, 0.2) is 42.6 Å². The molecule has 0 saturated heterocycles. The number of ether oxygens (including phenoxy) is 1. The molecule has 5 nitrogen and oxygen atoms in total. The molecule has 5 rings (SSSR count). The maximum Gasteiger partial charge on any atom is 0.167 e. The maximum atomic E-state index is 14.4. The minimum absolute atomic E-state index is 0.0265. The zero-order chi connectivity index (χ0) is 23.8. The molecule has 1 aliphatic rings. The first-order valence-electron chi connectivity index (χ1n) is 11.9. The second-order valence-electron chi connectivity index (χ2n) is 9.54. The lowest BCUT2D eigenvalue weighted by Crippen LogP contribution is -2.19. The standard InChI is InChI=1S/C27H29F2N3O2/c1-15(33)14-34-26-13-25-24(12-22(26)29)31-27(32-25)16(2)17-3-5-18(6-4-17)20-9-10-30-23-8-7-19(28)11-21(20)23/h7-13,15-18,33H,3-6,14H2,1-2H3,(H,31,32). The Morgan fingerprint density at radius 3 is 2.62 bits per heavy atom. The highest BCUT2D eigenvalue weighted by Gasteiger charge is 2.29. The van der Waals surface area contributed by atoms with E-state index in [0.717, 1.165) is 42.4 Å². The number of hydrogen-bond acceptors (Lipinski definition) is 4. The van der Waals surface area contributed by atoms with Crippen LogP contribution in [0.3, 0.4) is 0 Å². The van der Waals surface area contributed by atoms with E-state index in [2.05, 4.69) is 16.9 Å². The summed E-state index contributed by atoms with van der Waals surface area (Å²) < 4.78 is 33.6. The van der Waals surface area contributed by atoms with Crippen LogP contribution < -0.4 is 4.74 Å². The van der Waals surface area contributed by atoms with Gasteiger partial charge in [-0.1, -0.05) is 6.92 Å². The molecule has 4 aromatic rings. The highest BCUT2D eigenvalue weighted by atomic mass is 19.1. The third-order valence-corrected chi connectivity index (χ3v) is 7.12. The van der Waals surface area contributed by atoms with Gasteiger partial charge in [-0.05, 0) is 74.3 Å². The number of halogens is 2. The fourth-order valence-corrected chi connectivity index (χ4v) is 5.22. The summed E-state index contributed by atoms with van der Waals surface area (Å²) in [6, 6.07) is 9.82. The second-order valence-corrected chi connectivity index (χ2v) is 9.54. The van der Waals surface area contributed by atoms with Crippen LogP contribution in [-0.4, -0.2) is 32.8 Å². The SMILES string of the molecule is CC(O)COc1cc2nc(C(C)C3CCC(c4ccnc5ccc(F)cc45)CC3)[nH]c2cc1F. The van der Waals surface area contributed by atoms with Crippen LogP contribution in [0, 0.1) is 17.6 Å². The molecule has 2 heterocycles. The van der Waals surface area contributed by atoms with Crippen LogP contribution in [0.5, 0.6) is 5.75 Å². The third-order valence-electron chi connectivity index (χ3n) is 7.12. The Kier molecular flexibility index (Phi) is 6.21. The lowest BCUT2D eigenvalue weighted by molar-refractivity contribution is 0.120.